The molecule has 0 radical (unpaired) electrons. The lowest BCUT2D eigenvalue weighted by Crippen LogP contribution is -2.27. The predicted molar refractivity (Wildman–Crippen MR) is 96.9 cm³/mol. The first-order valence-electron chi connectivity index (χ1n) is 8.14. The molecule has 2 rings (SSSR count). The topological polar surface area (TPSA) is 85.3 Å². The Morgan fingerprint density at radius 3 is 2.20 bits per heavy atom. The molecule has 7 heteroatoms. The normalized spacial score (nSPS) is 11.1. The average Bonchev–Trinajstić information content (AvgIpc) is 2.88. The lowest BCUT2D eigenvalue weighted by molar-refractivity contribution is 0.0635. The van der Waals surface area contributed by atoms with Crippen molar-refractivity contribution >= 4 is 23.4 Å². The molecule has 1 aromatic carbocycles. The maximum absolute atomic E-state index is 12.4. The van der Waals surface area contributed by atoms with E-state index < -0.39 is 11.7 Å². The van der Waals surface area contributed by atoms with Gasteiger partial charge < -0.3 is 10.1 Å². The van der Waals surface area contributed by atoms with Crippen molar-refractivity contribution in [3.05, 3.63) is 41.7 Å². The number of anilines is 2. The molecule has 0 atom stereocenters. The number of carbonyl (C=O) groups is 2. The molecular formula is C18H24N4O3. The first-order valence-corrected chi connectivity index (χ1v) is 8.14. The van der Waals surface area contributed by atoms with E-state index in [2.05, 4.69) is 15.7 Å². The summed E-state index contributed by atoms with van der Waals surface area (Å²) in [6, 6.07) is 8.56. The zero-order valence-corrected chi connectivity index (χ0v) is 15.2. The molecular weight excluding hydrogens is 320 g/mol. The van der Waals surface area contributed by atoms with E-state index in [0.29, 0.717) is 23.6 Å². The molecule has 0 bridgehead atoms. The van der Waals surface area contributed by atoms with Crippen LogP contribution in [0.4, 0.5) is 16.2 Å². The molecule has 0 fully saturated rings. The van der Waals surface area contributed by atoms with Crippen LogP contribution in [0.2, 0.25) is 0 Å². The van der Waals surface area contributed by atoms with Gasteiger partial charge in [-0.1, -0.05) is 0 Å². The van der Waals surface area contributed by atoms with Gasteiger partial charge in [-0.2, -0.15) is 5.10 Å². The second-order valence-electron chi connectivity index (χ2n) is 6.65. The maximum Gasteiger partial charge on any atom is 0.412 e. The van der Waals surface area contributed by atoms with E-state index in [1.165, 1.54) is 0 Å². The van der Waals surface area contributed by atoms with Crippen LogP contribution in [-0.4, -0.2) is 27.4 Å². The highest BCUT2D eigenvalue weighted by atomic mass is 16.6. The van der Waals surface area contributed by atoms with Gasteiger partial charge in [-0.05, 0) is 65.0 Å². The molecule has 0 aliphatic rings. The van der Waals surface area contributed by atoms with Gasteiger partial charge in [-0.3, -0.25) is 14.8 Å². The second-order valence-corrected chi connectivity index (χ2v) is 6.65. The fraction of sp³-hybridized carbons (Fsp3) is 0.389. The van der Waals surface area contributed by atoms with E-state index in [9.17, 15) is 9.59 Å². The molecule has 2 aromatic rings. The molecule has 1 aromatic heterocycles. The third-order valence-electron chi connectivity index (χ3n) is 3.22. The van der Waals surface area contributed by atoms with Crippen LogP contribution in [-0.2, 0) is 11.3 Å². The zero-order chi connectivity index (χ0) is 18.6. The van der Waals surface area contributed by atoms with Gasteiger partial charge in [0.2, 0.25) is 0 Å². The predicted octanol–water partition coefficient (Wildman–Crippen LogP) is 3.81. The SMILES string of the molecule is CCn1nc(C)cc1C(=O)Nc1ccc(NC(=O)OC(C)(C)C)cc1. The number of hydrogen-bond acceptors (Lipinski definition) is 4. The quantitative estimate of drug-likeness (QED) is 0.883. The van der Waals surface area contributed by atoms with E-state index in [1.807, 2.05) is 13.8 Å². The molecule has 2 amide bonds. The number of nitrogens with zero attached hydrogens (tertiary/aromatic N) is 2. The van der Waals surface area contributed by atoms with E-state index in [4.69, 9.17) is 4.74 Å². The highest BCUT2D eigenvalue weighted by molar-refractivity contribution is 6.03. The second kappa shape index (κ2) is 7.38. The molecule has 0 unspecified atom stereocenters. The molecule has 0 aliphatic carbocycles. The van der Waals surface area contributed by atoms with E-state index in [0.717, 1.165) is 5.69 Å². The molecule has 0 saturated carbocycles. The first-order chi connectivity index (χ1) is 11.7. The third kappa shape index (κ3) is 5.34. The van der Waals surface area contributed by atoms with Crippen molar-refractivity contribution in [3.63, 3.8) is 0 Å². The number of ether oxygens (including phenoxy) is 1. The summed E-state index contributed by atoms with van der Waals surface area (Å²) in [5.74, 6) is -0.227. The Morgan fingerprint density at radius 2 is 1.68 bits per heavy atom. The van der Waals surface area contributed by atoms with Crippen LogP contribution in [0.3, 0.4) is 0 Å². The van der Waals surface area contributed by atoms with Gasteiger partial charge in [0.05, 0.1) is 5.69 Å². The van der Waals surface area contributed by atoms with Crippen molar-refractivity contribution in [2.45, 2.75) is 46.8 Å². The minimum atomic E-state index is -0.557. The van der Waals surface area contributed by atoms with Crippen molar-refractivity contribution in [3.8, 4) is 0 Å². The van der Waals surface area contributed by atoms with E-state index >= 15 is 0 Å². The Hall–Kier alpha value is -2.83. The Kier molecular flexibility index (Phi) is 5.46. The summed E-state index contributed by atoms with van der Waals surface area (Å²) in [6.45, 7) is 9.80. The summed E-state index contributed by atoms with van der Waals surface area (Å²) < 4.78 is 6.85. The number of rotatable bonds is 4. The summed E-state index contributed by atoms with van der Waals surface area (Å²) >= 11 is 0. The standard InChI is InChI=1S/C18H24N4O3/c1-6-22-15(11-12(2)21-22)16(23)19-13-7-9-14(10-8-13)20-17(24)25-18(3,4)5/h7-11H,6H2,1-5H3,(H,19,23)(H,20,24). The smallest absolute Gasteiger partial charge is 0.412 e. The number of amides is 2. The van der Waals surface area contributed by atoms with Crippen LogP contribution < -0.4 is 10.6 Å². The lowest BCUT2D eigenvalue weighted by Gasteiger charge is -2.19. The van der Waals surface area contributed by atoms with Crippen molar-refractivity contribution in [2.75, 3.05) is 10.6 Å². The number of aromatic nitrogens is 2. The maximum atomic E-state index is 12.4. The molecule has 134 valence electrons. The summed E-state index contributed by atoms with van der Waals surface area (Å²) in [4.78, 5) is 24.1. The van der Waals surface area contributed by atoms with Gasteiger partial charge in [0.15, 0.2) is 0 Å². The first kappa shape index (κ1) is 18.5. The summed E-state index contributed by atoms with van der Waals surface area (Å²) in [5, 5.41) is 9.73. The Labute approximate surface area is 147 Å². The van der Waals surface area contributed by atoms with E-state index in [-0.39, 0.29) is 5.91 Å². The average molecular weight is 344 g/mol. The largest absolute Gasteiger partial charge is 0.444 e. The van der Waals surface area contributed by atoms with Crippen LogP contribution in [0.5, 0.6) is 0 Å². The van der Waals surface area contributed by atoms with Crippen LogP contribution in [0, 0.1) is 6.92 Å². The van der Waals surface area contributed by atoms with Crippen molar-refractivity contribution in [1.29, 1.82) is 0 Å². The fourth-order valence-electron chi connectivity index (χ4n) is 2.22. The zero-order valence-electron chi connectivity index (χ0n) is 15.2. The number of aryl methyl sites for hydroxylation is 2. The van der Waals surface area contributed by atoms with Gasteiger partial charge in [-0.15, -0.1) is 0 Å². The molecule has 0 aliphatic heterocycles. The van der Waals surface area contributed by atoms with Crippen molar-refractivity contribution in [2.24, 2.45) is 0 Å². The van der Waals surface area contributed by atoms with Gasteiger partial charge >= 0.3 is 6.09 Å². The molecule has 7 nitrogen and oxygen atoms in total. The minimum absolute atomic E-state index is 0.227. The van der Waals surface area contributed by atoms with Crippen LogP contribution in [0.25, 0.3) is 0 Å². The lowest BCUT2D eigenvalue weighted by atomic mass is 10.2. The Balaban J connectivity index is 2.00. The Bertz CT molecular complexity index is 758. The summed E-state index contributed by atoms with van der Waals surface area (Å²) in [7, 11) is 0. The monoisotopic (exact) mass is 344 g/mol. The highest BCUT2D eigenvalue weighted by Crippen LogP contribution is 2.16. The minimum Gasteiger partial charge on any atom is -0.444 e. The molecule has 0 saturated heterocycles. The third-order valence-corrected chi connectivity index (χ3v) is 3.22. The summed E-state index contributed by atoms with van der Waals surface area (Å²) in [6.07, 6.45) is -0.522. The van der Waals surface area contributed by atoms with Gasteiger partial charge in [-0.25, -0.2) is 4.79 Å². The molecule has 2 N–H and O–H groups in total. The summed E-state index contributed by atoms with van der Waals surface area (Å²) in [5.41, 5.74) is 1.96. The van der Waals surface area contributed by atoms with Crippen molar-refractivity contribution in [1.82, 2.24) is 9.78 Å². The fourth-order valence-corrected chi connectivity index (χ4v) is 2.22. The number of benzene rings is 1. The van der Waals surface area contributed by atoms with Crippen LogP contribution in [0.15, 0.2) is 30.3 Å². The molecule has 25 heavy (non-hydrogen) atoms. The molecule has 0 spiro atoms. The van der Waals surface area contributed by atoms with E-state index in [1.54, 1.807) is 55.8 Å². The Morgan fingerprint density at radius 1 is 1.12 bits per heavy atom. The van der Waals surface area contributed by atoms with Crippen LogP contribution in [0.1, 0.15) is 43.9 Å². The van der Waals surface area contributed by atoms with Gasteiger partial charge in [0, 0.05) is 17.9 Å². The highest BCUT2D eigenvalue weighted by Gasteiger charge is 2.16. The van der Waals surface area contributed by atoms with Gasteiger partial charge in [0.25, 0.3) is 5.91 Å². The number of hydrogen-bond donors (Lipinski definition) is 2. The number of nitrogens with one attached hydrogen (secondary N) is 2. The van der Waals surface area contributed by atoms with Crippen molar-refractivity contribution < 1.29 is 14.3 Å². The number of carbonyl (C=O) groups excluding carboxylic acids is 2. The van der Waals surface area contributed by atoms with Crippen LogP contribution >= 0.6 is 0 Å². The molecule has 1 heterocycles. The van der Waals surface area contributed by atoms with Gasteiger partial charge in [0.1, 0.15) is 11.3 Å².